The van der Waals surface area contributed by atoms with Crippen molar-refractivity contribution in [1.29, 1.82) is 0 Å². The van der Waals surface area contributed by atoms with Crippen LogP contribution in [0.15, 0.2) is 0 Å². The van der Waals surface area contributed by atoms with E-state index in [1.807, 2.05) is 0 Å². The van der Waals surface area contributed by atoms with Crippen molar-refractivity contribution in [3.05, 3.63) is 0 Å². The molecule has 2 aliphatic rings. The second-order valence-corrected chi connectivity index (χ2v) is 4.65. The average Bonchev–Trinajstić information content (AvgIpc) is 2.70. The van der Waals surface area contributed by atoms with Crippen molar-refractivity contribution >= 4 is 5.97 Å². The van der Waals surface area contributed by atoms with E-state index in [1.54, 1.807) is 0 Å². The molecule has 1 N–H and O–H groups in total. The number of nitrogens with zero attached hydrogens (tertiary/aromatic N) is 1. The Morgan fingerprint density at radius 3 is 3.00 bits per heavy atom. The summed E-state index contributed by atoms with van der Waals surface area (Å²) in [5, 5.41) is 3.20. The normalized spacial score (nSPS) is 32.9. The first-order valence-electron chi connectivity index (χ1n) is 5.85. The lowest BCUT2D eigenvalue weighted by atomic mass is 9.99. The van der Waals surface area contributed by atoms with E-state index in [2.05, 4.69) is 17.3 Å². The molecule has 86 valence electrons. The first-order chi connectivity index (χ1) is 7.25. The minimum Gasteiger partial charge on any atom is -0.461 e. The quantitative estimate of drug-likeness (QED) is 0.665. The molecule has 4 heteroatoms. The SMILES string of the molecule is CN1CCCC(C(=O)OC2CCNC2)C1. The van der Waals surface area contributed by atoms with E-state index < -0.39 is 0 Å². The van der Waals surface area contributed by atoms with Crippen molar-refractivity contribution in [1.82, 2.24) is 10.2 Å². The molecule has 0 amide bonds. The van der Waals surface area contributed by atoms with Gasteiger partial charge in [-0.1, -0.05) is 0 Å². The van der Waals surface area contributed by atoms with Gasteiger partial charge in [0.05, 0.1) is 5.92 Å². The summed E-state index contributed by atoms with van der Waals surface area (Å²) in [7, 11) is 2.07. The van der Waals surface area contributed by atoms with Crippen molar-refractivity contribution in [2.75, 3.05) is 33.2 Å². The molecule has 0 spiro atoms. The van der Waals surface area contributed by atoms with Gasteiger partial charge in [0.25, 0.3) is 0 Å². The minimum absolute atomic E-state index is 0.00949. The number of hydrogen-bond acceptors (Lipinski definition) is 4. The number of nitrogens with one attached hydrogen (secondary N) is 1. The van der Waals surface area contributed by atoms with Crippen LogP contribution in [0, 0.1) is 5.92 Å². The van der Waals surface area contributed by atoms with Crippen molar-refractivity contribution in [3.8, 4) is 0 Å². The van der Waals surface area contributed by atoms with Crippen molar-refractivity contribution in [2.45, 2.75) is 25.4 Å². The highest BCUT2D eigenvalue weighted by atomic mass is 16.5. The molecule has 2 heterocycles. The van der Waals surface area contributed by atoms with Crippen LogP contribution in [0.25, 0.3) is 0 Å². The zero-order valence-corrected chi connectivity index (χ0v) is 9.37. The Morgan fingerprint density at radius 1 is 1.47 bits per heavy atom. The van der Waals surface area contributed by atoms with Crippen LogP contribution in [0.4, 0.5) is 0 Å². The van der Waals surface area contributed by atoms with Gasteiger partial charge in [0, 0.05) is 13.1 Å². The lowest BCUT2D eigenvalue weighted by molar-refractivity contribution is -0.154. The molecule has 0 aromatic carbocycles. The lowest BCUT2D eigenvalue weighted by Crippen LogP contribution is -2.38. The summed E-state index contributed by atoms with van der Waals surface area (Å²) in [5.41, 5.74) is 0. The largest absolute Gasteiger partial charge is 0.461 e. The summed E-state index contributed by atoms with van der Waals surface area (Å²) in [6, 6.07) is 0. The van der Waals surface area contributed by atoms with E-state index >= 15 is 0 Å². The second kappa shape index (κ2) is 4.94. The molecule has 2 fully saturated rings. The smallest absolute Gasteiger partial charge is 0.310 e. The third-order valence-electron chi connectivity index (χ3n) is 3.26. The van der Waals surface area contributed by atoms with E-state index in [0.717, 1.165) is 45.4 Å². The Labute approximate surface area is 91.0 Å². The van der Waals surface area contributed by atoms with Gasteiger partial charge in [-0.15, -0.1) is 0 Å². The number of carbonyl (C=O) groups is 1. The zero-order chi connectivity index (χ0) is 10.7. The summed E-state index contributed by atoms with van der Waals surface area (Å²) < 4.78 is 5.47. The van der Waals surface area contributed by atoms with Crippen molar-refractivity contribution < 1.29 is 9.53 Å². The number of piperidine rings is 1. The molecule has 2 aliphatic heterocycles. The predicted octanol–water partition coefficient (Wildman–Crippen LogP) is 0.233. The molecule has 0 bridgehead atoms. The number of rotatable bonds is 2. The van der Waals surface area contributed by atoms with Crippen LogP contribution in [0.2, 0.25) is 0 Å². The van der Waals surface area contributed by atoms with Gasteiger partial charge in [-0.3, -0.25) is 4.79 Å². The summed E-state index contributed by atoms with van der Waals surface area (Å²) >= 11 is 0. The molecule has 0 aromatic heterocycles. The van der Waals surface area contributed by atoms with Crippen LogP contribution in [0.3, 0.4) is 0 Å². The Kier molecular flexibility index (Phi) is 3.59. The van der Waals surface area contributed by atoms with Crippen LogP contribution in [-0.4, -0.2) is 50.2 Å². The van der Waals surface area contributed by atoms with Gasteiger partial charge in [-0.2, -0.15) is 0 Å². The molecule has 0 aliphatic carbocycles. The van der Waals surface area contributed by atoms with E-state index in [0.29, 0.717) is 0 Å². The topological polar surface area (TPSA) is 41.6 Å². The van der Waals surface area contributed by atoms with Gasteiger partial charge in [0.15, 0.2) is 0 Å². The van der Waals surface area contributed by atoms with Crippen LogP contribution in [-0.2, 0) is 9.53 Å². The summed E-state index contributed by atoms with van der Waals surface area (Å²) in [6.45, 7) is 3.77. The lowest BCUT2D eigenvalue weighted by Gasteiger charge is -2.28. The van der Waals surface area contributed by atoms with Crippen LogP contribution in [0.5, 0.6) is 0 Å². The maximum absolute atomic E-state index is 11.8. The van der Waals surface area contributed by atoms with Gasteiger partial charge >= 0.3 is 5.97 Å². The number of ether oxygens (including phenoxy) is 1. The number of hydrogen-bond donors (Lipinski definition) is 1. The molecule has 0 aromatic rings. The summed E-state index contributed by atoms with van der Waals surface area (Å²) in [5.74, 6) is 0.111. The Hall–Kier alpha value is -0.610. The first-order valence-corrected chi connectivity index (χ1v) is 5.85. The molecule has 0 radical (unpaired) electrons. The average molecular weight is 212 g/mol. The highest BCUT2D eigenvalue weighted by Gasteiger charge is 2.28. The molecule has 2 unspecified atom stereocenters. The van der Waals surface area contributed by atoms with E-state index in [9.17, 15) is 4.79 Å². The molecular formula is C11H20N2O2. The number of likely N-dealkylation sites (tertiary alicyclic amines) is 1. The first kappa shape index (κ1) is 10.9. The highest BCUT2D eigenvalue weighted by Crippen LogP contribution is 2.18. The van der Waals surface area contributed by atoms with Crippen molar-refractivity contribution in [2.24, 2.45) is 5.92 Å². The Balaban J connectivity index is 1.78. The van der Waals surface area contributed by atoms with Gasteiger partial charge < -0.3 is 15.0 Å². The maximum atomic E-state index is 11.8. The van der Waals surface area contributed by atoms with E-state index in [-0.39, 0.29) is 18.0 Å². The summed E-state index contributed by atoms with van der Waals surface area (Å²) in [4.78, 5) is 14.0. The van der Waals surface area contributed by atoms with Gasteiger partial charge in [0.2, 0.25) is 0 Å². The molecule has 2 saturated heterocycles. The Bertz CT molecular complexity index is 227. The maximum Gasteiger partial charge on any atom is 0.310 e. The fourth-order valence-electron chi connectivity index (χ4n) is 2.35. The fourth-order valence-corrected chi connectivity index (χ4v) is 2.35. The van der Waals surface area contributed by atoms with Crippen LogP contribution < -0.4 is 5.32 Å². The minimum atomic E-state index is 0.00949. The third-order valence-corrected chi connectivity index (χ3v) is 3.26. The van der Waals surface area contributed by atoms with Gasteiger partial charge in [0.1, 0.15) is 6.10 Å². The second-order valence-electron chi connectivity index (χ2n) is 4.65. The monoisotopic (exact) mass is 212 g/mol. The number of carbonyl (C=O) groups excluding carboxylic acids is 1. The highest BCUT2D eigenvalue weighted by molar-refractivity contribution is 5.73. The molecule has 2 rings (SSSR count). The van der Waals surface area contributed by atoms with Gasteiger partial charge in [-0.05, 0) is 39.4 Å². The van der Waals surface area contributed by atoms with Crippen LogP contribution >= 0.6 is 0 Å². The predicted molar refractivity (Wildman–Crippen MR) is 57.6 cm³/mol. The fraction of sp³-hybridized carbons (Fsp3) is 0.909. The molecule has 0 saturated carbocycles. The molecule has 2 atom stereocenters. The standard InChI is InChI=1S/C11H20N2O2/c1-13-6-2-3-9(8-13)11(14)15-10-4-5-12-7-10/h9-10,12H,2-8H2,1H3. The third kappa shape index (κ3) is 2.92. The summed E-state index contributed by atoms with van der Waals surface area (Å²) in [6.07, 6.45) is 3.18. The number of esters is 1. The van der Waals surface area contributed by atoms with E-state index in [4.69, 9.17) is 4.74 Å². The zero-order valence-electron chi connectivity index (χ0n) is 9.37. The molecule has 15 heavy (non-hydrogen) atoms. The van der Waals surface area contributed by atoms with Crippen LogP contribution in [0.1, 0.15) is 19.3 Å². The van der Waals surface area contributed by atoms with Gasteiger partial charge in [-0.25, -0.2) is 0 Å². The van der Waals surface area contributed by atoms with Crippen molar-refractivity contribution in [3.63, 3.8) is 0 Å². The Morgan fingerprint density at radius 2 is 2.33 bits per heavy atom. The molecule has 4 nitrogen and oxygen atoms in total. The molecular weight excluding hydrogens is 192 g/mol. The van der Waals surface area contributed by atoms with E-state index in [1.165, 1.54) is 0 Å².